The second-order valence-corrected chi connectivity index (χ2v) is 13.1. The number of carboxylic acid groups (broad SMARTS) is 1. The van der Waals surface area contributed by atoms with Crippen LogP contribution in [0.25, 0.3) is 0 Å². The molecule has 2 rings (SSSR count). The van der Waals surface area contributed by atoms with Gasteiger partial charge in [0.25, 0.3) is 10.1 Å². The van der Waals surface area contributed by atoms with Crippen molar-refractivity contribution in [1.29, 1.82) is 0 Å². The fraction of sp³-hybridized carbons (Fsp3) is 0.650. The second-order valence-electron chi connectivity index (χ2n) is 9.16. The molecule has 1 aromatic carbocycles. The highest BCUT2D eigenvalue weighted by Crippen LogP contribution is 2.45. The Morgan fingerprint density at radius 2 is 1.75 bits per heavy atom. The number of hydrogen-bond donors (Lipinski definition) is 1. The molecule has 6 nitrogen and oxygen atoms in total. The summed E-state index contributed by atoms with van der Waals surface area (Å²) in [6.45, 7) is 11.8. The third-order valence-corrected chi connectivity index (χ3v) is 7.63. The van der Waals surface area contributed by atoms with Gasteiger partial charge >= 0.3 is 5.97 Å². The molecule has 0 aromatic heterocycles. The molecule has 1 aliphatic carbocycles. The van der Waals surface area contributed by atoms with Gasteiger partial charge in [-0.25, -0.2) is 4.79 Å². The van der Waals surface area contributed by atoms with Crippen LogP contribution in [0.2, 0.25) is 13.1 Å². The zero-order chi connectivity index (χ0) is 21.3. The number of aliphatic carboxylic acids is 1. The lowest BCUT2D eigenvalue weighted by Gasteiger charge is -2.46. The molecule has 0 bridgehead atoms. The van der Waals surface area contributed by atoms with E-state index in [1.807, 2.05) is 40.8 Å². The fourth-order valence-electron chi connectivity index (χ4n) is 3.78. The Balaban J connectivity index is 2.36. The SMILES string of the molecule is Cc1ccc(S(=O)(=O)O[C@H]2C[C@@H](C(C)(C)C)C[C@@](O[SiH](C)C)(C(=O)O)C2)cc1. The van der Waals surface area contributed by atoms with Crippen molar-refractivity contribution in [3.8, 4) is 0 Å². The highest BCUT2D eigenvalue weighted by molar-refractivity contribution is 7.86. The van der Waals surface area contributed by atoms with Gasteiger partial charge in [0.2, 0.25) is 0 Å². The predicted octanol–water partition coefficient (Wildman–Crippen LogP) is 3.74. The summed E-state index contributed by atoms with van der Waals surface area (Å²) in [5, 5.41) is 9.98. The zero-order valence-corrected chi connectivity index (χ0v) is 19.5. The summed E-state index contributed by atoms with van der Waals surface area (Å²) in [4.78, 5) is 12.3. The van der Waals surface area contributed by atoms with Gasteiger partial charge in [0.15, 0.2) is 14.6 Å². The van der Waals surface area contributed by atoms with Gasteiger partial charge in [-0.2, -0.15) is 8.42 Å². The van der Waals surface area contributed by atoms with Crippen molar-refractivity contribution in [3.05, 3.63) is 29.8 Å². The van der Waals surface area contributed by atoms with E-state index >= 15 is 0 Å². The van der Waals surface area contributed by atoms with Crippen LogP contribution in [0.3, 0.4) is 0 Å². The van der Waals surface area contributed by atoms with Crippen molar-refractivity contribution >= 4 is 25.1 Å². The average molecular weight is 429 g/mol. The molecule has 0 spiro atoms. The number of carbonyl (C=O) groups is 1. The van der Waals surface area contributed by atoms with E-state index in [0.717, 1.165) is 5.56 Å². The second kappa shape index (κ2) is 8.26. The molecule has 8 heteroatoms. The summed E-state index contributed by atoms with van der Waals surface area (Å²) in [6, 6.07) is 6.45. The highest BCUT2D eigenvalue weighted by atomic mass is 32.2. The Labute approximate surface area is 170 Å². The maximum Gasteiger partial charge on any atom is 0.334 e. The lowest BCUT2D eigenvalue weighted by atomic mass is 9.66. The summed E-state index contributed by atoms with van der Waals surface area (Å²) in [5.74, 6) is -1.08. The van der Waals surface area contributed by atoms with E-state index in [1.54, 1.807) is 12.1 Å². The maximum absolute atomic E-state index is 12.8. The first-order valence-corrected chi connectivity index (χ1v) is 13.9. The van der Waals surface area contributed by atoms with Crippen LogP contribution < -0.4 is 0 Å². The molecule has 0 aliphatic heterocycles. The third-order valence-electron chi connectivity index (χ3n) is 5.33. The van der Waals surface area contributed by atoms with Crippen LogP contribution >= 0.6 is 0 Å². The lowest BCUT2D eigenvalue weighted by molar-refractivity contribution is -0.166. The topological polar surface area (TPSA) is 89.9 Å². The molecule has 28 heavy (non-hydrogen) atoms. The summed E-state index contributed by atoms with van der Waals surface area (Å²) >= 11 is 0. The van der Waals surface area contributed by atoms with Gasteiger partial charge in [0.1, 0.15) is 0 Å². The van der Waals surface area contributed by atoms with E-state index in [4.69, 9.17) is 8.61 Å². The number of rotatable bonds is 6. The average Bonchev–Trinajstić information content (AvgIpc) is 2.52. The maximum atomic E-state index is 12.8. The number of carboxylic acids is 1. The quantitative estimate of drug-likeness (QED) is 0.548. The van der Waals surface area contributed by atoms with Crippen molar-refractivity contribution < 1.29 is 26.9 Å². The van der Waals surface area contributed by atoms with Crippen molar-refractivity contribution in [1.82, 2.24) is 0 Å². The zero-order valence-electron chi connectivity index (χ0n) is 17.6. The molecule has 1 aromatic rings. The van der Waals surface area contributed by atoms with Gasteiger partial charge in [-0.1, -0.05) is 38.5 Å². The van der Waals surface area contributed by atoms with E-state index in [1.165, 1.54) is 12.1 Å². The molecule has 0 heterocycles. The Morgan fingerprint density at radius 3 is 2.21 bits per heavy atom. The largest absolute Gasteiger partial charge is 0.479 e. The minimum atomic E-state index is -3.99. The normalized spacial score (nSPS) is 26.4. The summed E-state index contributed by atoms with van der Waals surface area (Å²) in [7, 11) is -5.67. The van der Waals surface area contributed by atoms with Crippen LogP contribution in [0.15, 0.2) is 29.2 Å². The molecule has 158 valence electrons. The Bertz CT molecular complexity index is 797. The van der Waals surface area contributed by atoms with Crippen molar-refractivity contribution in [2.24, 2.45) is 11.3 Å². The smallest absolute Gasteiger partial charge is 0.334 e. The van der Waals surface area contributed by atoms with Crippen LogP contribution in [0.5, 0.6) is 0 Å². The molecule has 3 atom stereocenters. The van der Waals surface area contributed by atoms with Gasteiger partial charge in [0, 0.05) is 6.42 Å². The van der Waals surface area contributed by atoms with E-state index in [-0.39, 0.29) is 22.6 Å². The van der Waals surface area contributed by atoms with Crippen LogP contribution in [-0.4, -0.2) is 40.2 Å². The minimum Gasteiger partial charge on any atom is -0.479 e. The monoisotopic (exact) mass is 428 g/mol. The molecule has 0 amide bonds. The molecule has 1 aliphatic rings. The van der Waals surface area contributed by atoms with Gasteiger partial charge in [-0.15, -0.1) is 0 Å². The first kappa shape index (κ1) is 23.1. The molecule has 0 radical (unpaired) electrons. The van der Waals surface area contributed by atoms with Gasteiger partial charge in [-0.3, -0.25) is 4.18 Å². The third kappa shape index (κ3) is 5.43. The van der Waals surface area contributed by atoms with Crippen LogP contribution in [0.4, 0.5) is 0 Å². The molecule has 0 saturated heterocycles. The number of aryl methyl sites for hydroxylation is 1. The Hall–Kier alpha value is -1.22. The number of benzene rings is 1. The van der Waals surface area contributed by atoms with Gasteiger partial charge in [0.05, 0.1) is 11.0 Å². The molecule has 1 saturated carbocycles. The fourth-order valence-corrected chi connectivity index (χ4v) is 6.06. The highest BCUT2D eigenvalue weighted by Gasteiger charge is 2.51. The van der Waals surface area contributed by atoms with Crippen LogP contribution in [0, 0.1) is 18.3 Å². The molecule has 0 unspecified atom stereocenters. The molecular weight excluding hydrogens is 396 g/mol. The molecule has 1 fully saturated rings. The molecule has 1 N–H and O–H groups in total. The van der Waals surface area contributed by atoms with E-state index in [2.05, 4.69) is 0 Å². The lowest BCUT2D eigenvalue weighted by Crippen LogP contribution is -2.54. The summed E-state index contributed by atoms with van der Waals surface area (Å²) < 4.78 is 37.1. The Morgan fingerprint density at radius 1 is 1.18 bits per heavy atom. The van der Waals surface area contributed by atoms with E-state index in [9.17, 15) is 18.3 Å². The minimum absolute atomic E-state index is 0.0329. The van der Waals surface area contributed by atoms with Crippen LogP contribution in [-0.2, 0) is 23.5 Å². The van der Waals surface area contributed by atoms with E-state index < -0.39 is 36.8 Å². The van der Waals surface area contributed by atoms with E-state index in [0.29, 0.717) is 12.8 Å². The first-order chi connectivity index (χ1) is 12.7. The summed E-state index contributed by atoms with van der Waals surface area (Å²) in [5.41, 5.74) is -0.646. The summed E-state index contributed by atoms with van der Waals surface area (Å²) in [6.07, 6.45) is 0.132. The van der Waals surface area contributed by atoms with Crippen molar-refractivity contribution in [2.45, 2.75) is 76.7 Å². The Kier molecular flexibility index (Phi) is 6.80. The first-order valence-electron chi connectivity index (χ1n) is 9.66. The van der Waals surface area contributed by atoms with Crippen LogP contribution in [0.1, 0.15) is 45.6 Å². The predicted molar refractivity (Wildman–Crippen MR) is 110 cm³/mol. The van der Waals surface area contributed by atoms with Gasteiger partial charge < -0.3 is 9.53 Å². The van der Waals surface area contributed by atoms with Crippen molar-refractivity contribution in [2.75, 3.05) is 0 Å². The number of hydrogen-bond acceptors (Lipinski definition) is 5. The molecular formula is C20H32O6SSi. The van der Waals surface area contributed by atoms with Gasteiger partial charge in [-0.05, 0) is 56.3 Å². The standard InChI is InChI=1S/C20H32O6SSi/c1-14-7-9-17(10-8-14)27(23,24)25-16-11-15(19(2,3)4)12-20(13-16,18(21)22)26-28(5)6/h7-10,15-16,28H,11-13H2,1-6H3,(H,21,22)/t15-,16+,20+/m1/s1. The van der Waals surface area contributed by atoms with Crippen molar-refractivity contribution in [3.63, 3.8) is 0 Å².